The topological polar surface area (TPSA) is 88.3 Å². The average Bonchev–Trinajstić information content (AvgIpc) is 2.91. The Morgan fingerprint density at radius 1 is 1.29 bits per heavy atom. The van der Waals surface area contributed by atoms with Crippen molar-refractivity contribution in [3.8, 4) is 0 Å². The van der Waals surface area contributed by atoms with Crippen LogP contribution in [0, 0.1) is 11.8 Å². The van der Waals surface area contributed by atoms with Crippen molar-refractivity contribution in [2.75, 3.05) is 6.54 Å². The first-order valence-corrected chi connectivity index (χ1v) is 7.28. The number of aromatic nitrogens is 2. The van der Waals surface area contributed by atoms with Crippen molar-refractivity contribution < 1.29 is 14.1 Å². The molecule has 21 heavy (non-hydrogen) atoms. The molecule has 7 nitrogen and oxygen atoms in total. The van der Waals surface area contributed by atoms with Crippen molar-refractivity contribution in [3.05, 3.63) is 12.2 Å². The van der Waals surface area contributed by atoms with Crippen LogP contribution >= 0.6 is 0 Å². The average molecular weight is 294 g/mol. The first kappa shape index (κ1) is 15.5. The molecule has 0 aromatic carbocycles. The van der Waals surface area contributed by atoms with Gasteiger partial charge in [0.2, 0.25) is 17.7 Å². The van der Waals surface area contributed by atoms with Crippen molar-refractivity contribution in [1.29, 1.82) is 0 Å². The zero-order valence-electron chi connectivity index (χ0n) is 12.9. The van der Waals surface area contributed by atoms with Crippen LogP contribution in [-0.2, 0) is 16.0 Å². The Morgan fingerprint density at radius 2 is 2.00 bits per heavy atom. The summed E-state index contributed by atoms with van der Waals surface area (Å²) in [5.74, 6) is 0.444. The molecule has 0 radical (unpaired) electrons. The SMILES string of the molecule is CC(C)C1NC(=O)C(C(C)C)N(CCc2ncno2)C1=O. The predicted molar refractivity (Wildman–Crippen MR) is 75.1 cm³/mol. The van der Waals surface area contributed by atoms with Gasteiger partial charge < -0.3 is 14.7 Å². The highest BCUT2D eigenvalue weighted by molar-refractivity contribution is 5.97. The van der Waals surface area contributed by atoms with Gasteiger partial charge in [-0.3, -0.25) is 9.59 Å². The van der Waals surface area contributed by atoms with Gasteiger partial charge in [-0.2, -0.15) is 4.98 Å². The Hall–Kier alpha value is -1.92. The predicted octanol–water partition coefficient (Wildman–Crippen LogP) is 0.620. The fourth-order valence-electron chi connectivity index (χ4n) is 2.64. The van der Waals surface area contributed by atoms with Crippen LogP contribution in [0.25, 0.3) is 0 Å². The van der Waals surface area contributed by atoms with Gasteiger partial charge in [0.25, 0.3) is 0 Å². The number of hydrogen-bond acceptors (Lipinski definition) is 5. The standard InChI is InChI=1S/C14H22N4O3/c1-8(2)11-14(20)18(6-5-10-15-7-16-21-10)12(9(3)4)13(19)17-11/h7-9,11-12H,5-6H2,1-4H3,(H,17,19). The fraction of sp³-hybridized carbons (Fsp3) is 0.714. The maximum Gasteiger partial charge on any atom is 0.246 e. The molecule has 1 fully saturated rings. The number of hydrogen-bond donors (Lipinski definition) is 1. The van der Waals surface area contributed by atoms with Crippen LogP contribution in [0.3, 0.4) is 0 Å². The normalized spacial score (nSPS) is 23.0. The van der Waals surface area contributed by atoms with Crippen molar-refractivity contribution in [3.63, 3.8) is 0 Å². The number of carbonyl (C=O) groups is 2. The zero-order valence-corrected chi connectivity index (χ0v) is 12.9. The second-order valence-electron chi connectivity index (χ2n) is 6.04. The van der Waals surface area contributed by atoms with E-state index in [1.165, 1.54) is 6.33 Å². The van der Waals surface area contributed by atoms with Gasteiger partial charge in [-0.25, -0.2) is 0 Å². The molecule has 1 aliphatic heterocycles. The summed E-state index contributed by atoms with van der Waals surface area (Å²) < 4.78 is 4.96. The Labute approximate surface area is 124 Å². The molecule has 0 saturated carbocycles. The Morgan fingerprint density at radius 3 is 2.52 bits per heavy atom. The quantitative estimate of drug-likeness (QED) is 0.860. The molecule has 2 amide bonds. The Balaban J connectivity index is 2.17. The van der Waals surface area contributed by atoms with Gasteiger partial charge in [0.15, 0.2) is 6.33 Å². The smallest absolute Gasteiger partial charge is 0.246 e. The number of amides is 2. The van der Waals surface area contributed by atoms with E-state index < -0.39 is 12.1 Å². The highest BCUT2D eigenvalue weighted by atomic mass is 16.5. The third-order valence-corrected chi connectivity index (χ3v) is 3.72. The van der Waals surface area contributed by atoms with Gasteiger partial charge in [-0.1, -0.05) is 32.9 Å². The summed E-state index contributed by atoms with van der Waals surface area (Å²) in [6, 6.07) is -0.911. The van der Waals surface area contributed by atoms with Crippen molar-refractivity contribution in [2.24, 2.45) is 11.8 Å². The fourth-order valence-corrected chi connectivity index (χ4v) is 2.64. The molecule has 2 atom stereocenters. The van der Waals surface area contributed by atoms with E-state index in [-0.39, 0.29) is 23.7 Å². The van der Waals surface area contributed by atoms with E-state index in [1.54, 1.807) is 4.90 Å². The molecule has 1 aromatic heterocycles. The van der Waals surface area contributed by atoms with Gasteiger partial charge >= 0.3 is 0 Å². The lowest BCUT2D eigenvalue weighted by molar-refractivity contribution is -0.152. The lowest BCUT2D eigenvalue weighted by Gasteiger charge is -2.41. The van der Waals surface area contributed by atoms with Gasteiger partial charge in [-0.05, 0) is 11.8 Å². The third kappa shape index (κ3) is 3.22. The summed E-state index contributed by atoms with van der Waals surface area (Å²) in [4.78, 5) is 30.5. The van der Waals surface area contributed by atoms with Crippen molar-refractivity contribution in [1.82, 2.24) is 20.4 Å². The van der Waals surface area contributed by atoms with Gasteiger partial charge in [-0.15, -0.1) is 0 Å². The van der Waals surface area contributed by atoms with E-state index in [2.05, 4.69) is 15.5 Å². The summed E-state index contributed by atoms with van der Waals surface area (Å²) in [6.07, 6.45) is 1.78. The maximum atomic E-state index is 12.6. The second-order valence-corrected chi connectivity index (χ2v) is 6.04. The summed E-state index contributed by atoms with van der Waals surface area (Å²) in [5, 5.41) is 6.39. The minimum atomic E-state index is -0.463. The van der Waals surface area contributed by atoms with Crippen molar-refractivity contribution >= 4 is 11.8 Å². The molecule has 116 valence electrons. The molecular weight excluding hydrogens is 272 g/mol. The molecule has 2 heterocycles. The number of rotatable bonds is 5. The van der Waals surface area contributed by atoms with Crippen LogP contribution in [0.1, 0.15) is 33.6 Å². The highest BCUT2D eigenvalue weighted by Crippen LogP contribution is 2.21. The molecular formula is C14H22N4O3. The molecule has 1 aromatic rings. The van der Waals surface area contributed by atoms with Crippen LogP contribution < -0.4 is 5.32 Å². The van der Waals surface area contributed by atoms with Crippen LogP contribution in [-0.4, -0.2) is 45.5 Å². The van der Waals surface area contributed by atoms with E-state index >= 15 is 0 Å². The number of carbonyl (C=O) groups excluding carboxylic acids is 2. The largest absolute Gasteiger partial charge is 0.342 e. The van der Waals surface area contributed by atoms with Gasteiger partial charge in [0.1, 0.15) is 12.1 Å². The Kier molecular flexibility index (Phi) is 4.59. The monoisotopic (exact) mass is 294 g/mol. The van der Waals surface area contributed by atoms with Gasteiger partial charge in [0.05, 0.1) is 0 Å². The molecule has 0 bridgehead atoms. The molecule has 2 unspecified atom stereocenters. The second kappa shape index (κ2) is 6.24. The van der Waals surface area contributed by atoms with Crippen LogP contribution in [0.15, 0.2) is 10.9 Å². The lowest BCUT2D eigenvalue weighted by Crippen LogP contribution is -2.66. The van der Waals surface area contributed by atoms with Crippen LogP contribution in [0.2, 0.25) is 0 Å². The lowest BCUT2D eigenvalue weighted by atomic mass is 9.92. The number of piperazine rings is 1. The van der Waals surface area contributed by atoms with Gasteiger partial charge in [0, 0.05) is 13.0 Å². The number of nitrogens with zero attached hydrogens (tertiary/aromatic N) is 3. The molecule has 1 aliphatic rings. The van der Waals surface area contributed by atoms with E-state index in [0.29, 0.717) is 18.9 Å². The first-order valence-electron chi connectivity index (χ1n) is 7.28. The summed E-state index contributed by atoms with van der Waals surface area (Å²) in [5.41, 5.74) is 0. The van der Waals surface area contributed by atoms with Crippen molar-refractivity contribution in [2.45, 2.75) is 46.2 Å². The minimum absolute atomic E-state index is 0.0391. The number of nitrogens with one attached hydrogen (secondary N) is 1. The van der Waals surface area contributed by atoms with Crippen LogP contribution in [0.4, 0.5) is 0 Å². The maximum absolute atomic E-state index is 12.6. The molecule has 7 heteroatoms. The first-order chi connectivity index (χ1) is 9.91. The summed E-state index contributed by atoms with van der Waals surface area (Å²) in [7, 11) is 0. The summed E-state index contributed by atoms with van der Waals surface area (Å²) >= 11 is 0. The highest BCUT2D eigenvalue weighted by Gasteiger charge is 2.42. The third-order valence-electron chi connectivity index (χ3n) is 3.72. The summed E-state index contributed by atoms with van der Waals surface area (Å²) in [6.45, 7) is 8.13. The molecule has 0 aliphatic carbocycles. The Bertz CT molecular complexity index is 498. The van der Waals surface area contributed by atoms with Crippen LogP contribution in [0.5, 0.6) is 0 Å². The zero-order chi connectivity index (χ0) is 15.6. The van der Waals surface area contributed by atoms with E-state index in [1.807, 2.05) is 27.7 Å². The minimum Gasteiger partial charge on any atom is -0.342 e. The van der Waals surface area contributed by atoms with E-state index in [9.17, 15) is 9.59 Å². The molecule has 0 spiro atoms. The molecule has 1 saturated heterocycles. The molecule has 1 N–H and O–H groups in total. The molecule has 2 rings (SSSR count). The van der Waals surface area contributed by atoms with E-state index in [0.717, 1.165) is 0 Å². The van der Waals surface area contributed by atoms with E-state index in [4.69, 9.17) is 4.52 Å².